The number of hydrogen-bond donors (Lipinski definition) is 2. The number of guanidine groups is 1. The van der Waals surface area contributed by atoms with E-state index in [2.05, 4.69) is 27.5 Å². The minimum absolute atomic E-state index is 0.281. The summed E-state index contributed by atoms with van der Waals surface area (Å²) in [5, 5.41) is 6.53. The van der Waals surface area contributed by atoms with Crippen molar-refractivity contribution in [1.82, 2.24) is 15.6 Å². The molecule has 1 fully saturated rings. The highest BCUT2D eigenvalue weighted by Gasteiger charge is 2.15. The lowest BCUT2D eigenvalue weighted by atomic mass is 10.1. The first-order chi connectivity index (χ1) is 11.7. The second kappa shape index (κ2) is 7.97. The zero-order chi connectivity index (χ0) is 16.8. The van der Waals surface area contributed by atoms with Crippen LogP contribution >= 0.6 is 0 Å². The summed E-state index contributed by atoms with van der Waals surface area (Å²) >= 11 is 0. The fourth-order valence-corrected chi connectivity index (χ4v) is 2.63. The molecule has 2 N–H and O–H groups in total. The van der Waals surface area contributed by atoms with Crippen molar-refractivity contribution in [2.24, 2.45) is 4.99 Å². The minimum atomic E-state index is 0.281. The second-order valence-electron chi connectivity index (χ2n) is 5.95. The van der Waals surface area contributed by atoms with Gasteiger partial charge in [-0.25, -0.2) is 4.98 Å². The van der Waals surface area contributed by atoms with Crippen molar-refractivity contribution in [3.05, 3.63) is 41.8 Å². The van der Waals surface area contributed by atoms with E-state index in [-0.39, 0.29) is 6.10 Å². The number of aromatic nitrogens is 1. The molecule has 1 aromatic carbocycles. The number of ether oxygens (including phenoxy) is 1. The maximum absolute atomic E-state index is 5.60. The van der Waals surface area contributed by atoms with E-state index < -0.39 is 0 Å². The third-order valence-electron chi connectivity index (χ3n) is 4.03. The van der Waals surface area contributed by atoms with Crippen LogP contribution in [0.2, 0.25) is 0 Å². The molecule has 6 nitrogen and oxygen atoms in total. The Balaban J connectivity index is 1.51. The summed E-state index contributed by atoms with van der Waals surface area (Å²) in [4.78, 5) is 8.74. The van der Waals surface area contributed by atoms with Gasteiger partial charge in [0.15, 0.2) is 5.96 Å². The van der Waals surface area contributed by atoms with Crippen LogP contribution in [0, 0.1) is 6.92 Å². The van der Waals surface area contributed by atoms with E-state index in [0.717, 1.165) is 43.2 Å². The van der Waals surface area contributed by atoms with Crippen LogP contribution in [0.1, 0.15) is 24.1 Å². The molecule has 2 heterocycles. The molecule has 0 saturated carbocycles. The second-order valence-corrected chi connectivity index (χ2v) is 5.95. The number of hydrogen-bond acceptors (Lipinski definition) is 4. The van der Waals surface area contributed by atoms with Crippen molar-refractivity contribution >= 4 is 5.96 Å². The van der Waals surface area contributed by atoms with Gasteiger partial charge >= 0.3 is 0 Å². The van der Waals surface area contributed by atoms with Crippen LogP contribution in [0.5, 0.6) is 0 Å². The van der Waals surface area contributed by atoms with Gasteiger partial charge in [0.05, 0.1) is 18.3 Å². The van der Waals surface area contributed by atoms with Gasteiger partial charge in [-0.2, -0.15) is 0 Å². The maximum Gasteiger partial charge on any atom is 0.226 e. The molecule has 1 aromatic heterocycles. The summed E-state index contributed by atoms with van der Waals surface area (Å²) in [6.45, 7) is 4.25. The predicted octanol–water partition coefficient (Wildman–Crippen LogP) is 2.49. The van der Waals surface area contributed by atoms with Crippen LogP contribution in [0.25, 0.3) is 11.5 Å². The molecule has 2 aromatic rings. The number of oxazole rings is 1. The molecular weight excluding hydrogens is 304 g/mol. The quantitative estimate of drug-likeness (QED) is 0.652. The van der Waals surface area contributed by atoms with E-state index in [9.17, 15) is 0 Å². The molecular formula is C18H24N4O2. The highest BCUT2D eigenvalue weighted by atomic mass is 16.5. The highest BCUT2D eigenvalue weighted by Crippen LogP contribution is 2.19. The van der Waals surface area contributed by atoms with Crippen LogP contribution in [0.15, 0.2) is 39.9 Å². The predicted molar refractivity (Wildman–Crippen MR) is 93.9 cm³/mol. The van der Waals surface area contributed by atoms with Gasteiger partial charge in [-0.1, -0.05) is 17.7 Å². The third-order valence-corrected chi connectivity index (χ3v) is 4.03. The minimum Gasteiger partial charge on any atom is -0.444 e. The Kier molecular flexibility index (Phi) is 5.48. The molecule has 3 rings (SSSR count). The molecule has 0 spiro atoms. The van der Waals surface area contributed by atoms with Crippen LogP contribution in [0.4, 0.5) is 0 Å². The molecule has 24 heavy (non-hydrogen) atoms. The third kappa shape index (κ3) is 4.35. The van der Waals surface area contributed by atoms with Crippen LogP contribution in [-0.2, 0) is 11.3 Å². The molecule has 1 aliphatic rings. The Hall–Kier alpha value is -2.34. The van der Waals surface area contributed by atoms with Crippen molar-refractivity contribution in [3.8, 4) is 11.5 Å². The van der Waals surface area contributed by atoms with Gasteiger partial charge in [0.1, 0.15) is 6.26 Å². The van der Waals surface area contributed by atoms with E-state index in [0.29, 0.717) is 12.4 Å². The molecule has 0 amide bonds. The molecule has 0 radical (unpaired) electrons. The first-order valence-electron chi connectivity index (χ1n) is 8.32. The molecule has 6 heteroatoms. The molecule has 1 aliphatic heterocycles. The monoisotopic (exact) mass is 328 g/mol. The standard InChI is InChI=1S/C18H24N4O2/c1-13-5-7-14(8-6-13)17-22-15(12-24-17)10-20-18(19-2)21-11-16-4-3-9-23-16/h5-8,12,16H,3-4,9-11H2,1-2H3,(H2,19,20,21). The molecule has 128 valence electrons. The van der Waals surface area contributed by atoms with E-state index in [4.69, 9.17) is 9.15 Å². The summed E-state index contributed by atoms with van der Waals surface area (Å²) in [5.74, 6) is 1.37. The fraction of sp³-hybridized carbons (Fsp3) is 0.444. The van der Waals surface area contributed by atoms with Crippen molar-refractivity contribution in [3.63, 3.8) is 0 Å². The molecule has 1 saturated heterocycles. The van der Waals surface area contributed by atoms with Crippen molar-refractivity contribution < 1.29 is 9.15 Å². The Bertz CT molecular complexity index is 673. The van der Waals surface area contributed by atoms with Gasteiger partial charge in [-0.05, 0) is 31.9 Å². The summed E-state index contributed by atoms with van der Waals surface area (Å²) < 4.78 is 11.2. The normalized spacial score (nSPS) is 17.9. The van der Waals surface area contributed by atoms with E-state index in [1.54, 1.807) is 13.3 Å². The van der Waals surface area contributed by atoms with Crippen molar-refractivity contribution in [2.45, 2.75) is 32.4 Å². The number of aryl methyl sites for hydroxylation is 1. The topological polar surface area (TPSA) is 71.7 Å². The first-order valence-corrected chi connectivity index (χ1v) is 8.32. The largest absolute Gasteiger partial charge is 0.444 e. The summed E-state index contributed by atoms with van der Waals surface area (Å²) in [5.41, 5.74) is 3.03. The van der Waals surface area contributed by atoms with Gasteiger partial charge in [0.2, 0.25) is 5.89 Å². The van der Waals surface area contributed by atoms with Gasteiger partial charge in [-0.3, -0.25) is 4.99 Å². The van der Waals surface area contributed by atoms with Crippen LogP contribution < -0.4 is 10.6 Å². The average molecular weight is 328 g/mol. The Labute approximate surface area is 142 Å². The summed E-state index contributed by atoms with van der Waals surface area (Å²) in [7, 11) is 1.76. The van der Waals surface area contributed by atoms with Crippen LogP contribution in [0.3, 0.4) is 0 Å². The first kappa shape index (κ1) is 16.5. The SMILES string of the molecule is CN=C(NCc1coc(-c2ccc(C)cc2)n1)NCC1CCCO1. The van der Waals surface area contributed by atoms with E-state index in [1.165, 1.54) is 5.56 Å². The summed E-state index contributed by atoms with van der Waals surface area (Å²) in [6, 6.07) is 8.13. The van der Waals surface area contributed by atoms with E-state index in [1.807, 2.05) is 24.3 Å². The Morgan fingerprint density at radius 1 is 1.29 bits per heavy atom. The lowest BCUT2D eigenvalue weighted by Gasteiger charge is -2.14. The zero-order valence-corrected chi connectivity index (χ0v) is 14.2. The van der Waals surface area contributed by atoms with Crippen molar-refractivity contribution in [2.75, 3.05) is 20.2 Å². The van der Waals surface area contributed by atoms with Gasteiger partial charge < -0.3 is 19.8 Å². The smallest absolute Gasteiger partial charge is 0.226 e. The fourth-order valence-electron chi connectivity index (χ4n) is 2.63. The van der Waals surface area contributed by atoms with Gasteiger partial charge in [0, 0.05) is 25.8 Å². The Morgan fingerprint density at radius 2 is 2.12 bits per heavy atom. The number of benzene rings is 1. The molecule has 0 aliphatic carbocycles. The lowest BCUT2D eigenvalue weighted by molar-refractivity contribution is 0.114. The molecule has 0 bridgehead atoms. The number of nitrogens with one attached hydrogen (secondary N) is 2. The van der Waals surface area contributed by atoms with Crippen molar-refractivity contribution in [1.29, 1.82) is 0 Å². The highest BCUT2D eigenvalue weighted by molar-refractivity contribution is 5.79. The van der Waals surface area contributed by atoms with E-state index >= 15 is 0 Å². The molecule has 1 atom stereocenters. The maximum atomic E-state index is 5.60. The molecule has 1 unspecified atom stereocenters. The number of rotatable bonds is 5. The lowest BCUT2D eigenvalue weighted by Crippen LogP contribution is -2.40. The summed E-state index contributed by atoms with van der Waals surface area (Å²) in [6.07, 6.45) is 4.20. The number of nitrogens with zero attached hydrogens (tertiary/aromatic N) is 2. The Morgan fingerprint density at radius 3 is 2.83 bits per heavy atom. The van der Waals surface area contributed by atoms with Gasteiger partial charge in [-0.15, -0.1) is 0 Å². The van der Waals surface area contributed by atoms with Gasteiger partial charge in [0.25, 0.3) is 0 Å². The number of aliphatic imine (C=N–C) groups is 1. The zero-order valence-electron chi connectivity index (χ0n) is 14.2. The average Bonchev–Trinajstić information content (AvgIpc) is 3.27. The van der Waals surface area contributed by atoms with Crippen LogP contribution in [-0.4, -0.2) is 37.2 Å².